The third kappa shape index (κ3) is 2.65. The van der Waals surface area contributed by atoms with Gasteiger partial charge in [-0.1, -0.05) is 6.07 Å². The van der Waals surface area contributed by atoms with Crippen LogP contribution in [0.3, 0.4) is 0 Å². The van der Waals surface area contributed by atoms with Crippen LogP contribution in [-0.2, 0) is 6.54 Å². The van der Waals surface area contributed by atoms with E-state index in [1.165, 1.54) is 32.5 Å². The molecule has 0 N–H and O–H groups in total. The van der Waals surface area contributed by atoms with Crippen molar-refractivity contribution in [2.75, 3.05) is 26.2 Å². The van der Waals surface area contributed by atoms with E-state index < -0.39 is 0 Å². The Hall–Kier alpha value is -1.17. The first-order chi connectivity index (χ1) is 10.3. The fraction of sp³-hybridized carbons (Fsp3) is 0.562. The number of nitrogens with zero attached hydrogens (tertiary/aromatic N) is 3. The molecule has 112 valence electrons. The number of hydrogen-bond donors (Lipinski definition) is 0. The molecule has 2 saturated heterocycles. The summed E-state index contributed by atoms with van der Waals surface area (Å²) >= 11 is 1.68. The first-order valence-corrected chi connectivity index (χ1v) is 8.64. The van der Waals surface area contributed by atoms with Crippen LogP contribution in [-0.4, -0.2) is 47.0 Å². The summed E-state index contributed by atoms with van der Waals surface area (Å²) in [4.78, 5) is 11.0. The van der Waals surface area contributed by atoms with Crippen molar-refractivity contribution in [1.82, 2.24) is 14.8 Å². The topological polar surface area (TPSA) is 32.5 Å². The lowest BCUT2D eigenvalue weighted by molar-refractivity contribution is 0.0982. The second-order valence-corrected chi connectivity index (χ2v) is 7.01. The summed E-state index contributed by atoms with van der Waals surface area (Å²) in [6.45, 7) is 7.79. The molecule has 5 heteroatoms. The van der Waals surface area contributed by atoms with Crippen molar-refractivity contribution in [2.45, 2.75) is 32.4 Å². The number of rotatable bonds is 3. The molecule has 4 heterocycles. The van der Waals surface area contributed by atoms with Gasteiger partial charge < -0.3 is 4.42 Å². The van der Waals surface area contributed by atoms with Gasteiger partial charge in [-0.2, -0.15) is 0 Å². The Morgan fingerprint density at radius 3 is 3.19 bits per heavy atom. The minimum atomic E-state index is 0.766. The summed E-state index contributed by atoms with van der Waals surface area (Å²) in [5.41, 5.74) is 1.10. The van der Waals surface area contributed by atoms with E-state index in [2.05, 4.69) is 21.2 Å². The average Bonchev–Trinajstić information content (AvgIpc) is 3.20. The molecule has 2 aliphatic heterocycles. The van der Waals surface area contributed by atoms with Crippen LogP contribution in [0.15, 0.2) is 21.9 Å². The normalized spacial score (nSPS) is 23.6. The molecule has 1 atom stereocenters. The number of oxazole rings is 1. The molecule has 0 amide bonds. The molecule has 0 aromatic carbocycles. The van der Waals surface area contributed by atoms with E-state index in [9.17, 15) is 0 Å². The first-order valence-electron chi connectivity index (χ1n) is 7.76. The van der Waals surface area contributed by atoms with Crippen LogP contribution < -0.4 is 0 Å². The monoisotopic (exact) mass is 303 g/mol. The van der Waals surface area contributed by atoms with Crippen LogP contribution in [0.1, 0.15) is 24.3 Å². The molecular formula is C16H21N3OS. The average molecular weight is 303 g/mol. The Kier molecular flexibility index (Phi) is 3.57. The van der Waals surface area contributed by atoms with Gasteiger partial charge in [0.2, 0.25) is 5.89 Å². The molecule has 0 spiro atoms. The lowest BCUT2D eigenvalue weighted by Crippen LogP contribution is -2.49. The van der Waals surface area contributed by atoms with E-state index in [1.807, 2.05) is 13.0 Å². The van der Waals surface area contributed by atoms with Crippen molar-refractivity contribution < 1.29 is 4.42 Å². The highest BCUT2D eigenvalue weighted by atomic mass is 32.1. The minimum Gasteiger partial charge on any atom is -0.440 e. The summed E-state index contributed by atoms with van der Waals surface area (Å²) in [5.74, 6) is 1.74. The van der Waals surface area contributed by atoms with Gasteiger partial charge in [0.05, 0.1) is 10.6 Å². The van der Waals surface area contributed by atoms with Crippen molar-refractivity contribution in [1.29, 1.82) is 0 Å². The largest absolute Gasteiger partial charge is 0.440 e. The number of aromatic nitrogens is 1. The fourth-order valence-corrected chi connectivity index (χ4v) is 4.14. The fourth-order valence-electron chi connectivity index (χ4n) is 3.49. The van der Waals surface area contributed by atoms with Crippen molar-refractivity contribution in [3.05, 3.63) is 29.0 Å². The van der Waals surface area contributed by atoms with Gasteiger partial charge in [-0.15, -0.1) is 11.3 Å². The highest BCUT2D eigenvalue weighted by molar-refractivity contribution is 7.13. The molecule has 4 nitrogen and oxygen atoms in total. The SMILES string of the molecule is Cc1oc(-c2cccs2)nc1CN1CCN2CCCC2C1. The molecule has 1 unspecified atom stereocenters. The summed E-state index contributed by atoms with van der Waals surface area (Å²) in [5, 5.41) is 2.06. The first kappa shape index (κ1) is 13.5. The molecule has 2 aromatic rings. The molecule has 0 aliphatic carbocycles. The van der Waals surface area contributed by atoms with Gasteiger partial charge in [0.25, 0.3) is 0 Å². The maximum atomic E-state index is 5.85. The van der Waals surface area contributed by atoms with Crippen LogP contribution in [0, 0.1) is 6.92 Å². The van der Waals surface area contributed by atoms with Gasteiger partial charge in [-0.3, -0.25) is 9.80 Å². The van der Waals surface area contributed by atoms with E-state index in [4.69, 9.17) is 9.40 Å². The van der Waals surface area contributed by atoms with Crippen molar-refractivity contribution in [3.63, 3.8) is 0 Å². The van der Waals surface area contributed by atoms with Crippen LogP contribution in [0.5, 0.6) is 0 Å². The second-order valence-electron chi connectivity index (χ2n) is 6.07. The highest BCUT2D eigenvalue weighted by Gasteiger charge is 2.31. The minimum absolute atomic E-state index is 0.766. The van der Waals surface area contributed by atoms with E-state index in [0.717, 1.165) is 41.4 Å². The van der Waals surface area contributed by atoms with E-state index in [1.54, 1.807) is 11.3 Å². The zero-order valence-corrected chi connectivity index (χ0v) is 13.2. The number of thiophene rings is 1. The smallest absolute Gasteiger partial charge is 0.236 e. The molecule has 0 saturated carbocycles. The molecule has 2 fully saturated rings. The van der Waals surface area contributed by atoms with Gasteiger partial charge in [-0.05, 0) is 37.8 Å². The molecular weight excluding hydrogens is 282 g/mol. The summed E-state index contributed by atoms with van der Waals surface area (Å²) in [7, 11) is 0. The van der Waals surface area contributed by atoms with Crippen molar-refractivity contribution in [3.8, 4) is 10.8 Å². The predicted octanol–water partition coefficient (Wildman–Crippen LogP) is 2.99. The van der Waals surface area contributed by atoms with Gasteiger partial charge in [0.15, 0.2) is 0 Å². The summed E-state index contributed by atoms with van der Waals surface area (Å²) < 4.78 is 5.85. The third-order valence-electron chi connectivity index (χ3n) is 4.67. The lowest BCUT2D eigenvalue weighted by atomic mass is 10.1. The highest BCUT2D eigenvalue weighted by Crippen LogP contribution is 2.27. The van der Waals surface area contributed by atoms with Crippen LogP contribution >= 0.6 is 11.3 Å². The van der Waals surface area contributed by atoms with Gasteiger partial charge in [0.1, 0.15) is 5.76 Å². The van der Waals surface area contributed by atoms with Crippen molar-refractivity contribution in [2.24, 2.45) is 0 Å². The predicted molar refractivity (Wildman–Crippen MR) is 84.4 cm³/mol. The van der Waals surface area contributed by atoms with Crippen LogP contribution in [0.2, 0.25) is 0 Å². The van der Waals surface area contributed by atoms with E-state index in [0.29, 0.717) is 0 Å². The second kappa shape index (κ2) is 5.55. The van der Waals surface area contributed by atoms with Crippen LogP contribution in [0.4, 0.5) is 0 Å². The lowest BCUT2D eigenvalue weighted by Gasteiger charge is -2.37. The Balaban J connectivity index is 1.47. The Labute approximate surface area is 129 Å². The molecule has 4 rings (SSSR count). The quantitative estimate of drug-likeness (QED) is 0.872. The standard InChI is InChI=1S/C16H21N3OS/c1-12-14(17-16(20-12)15-5-3-9-21-15)11-18-7-8-19-6-2-4-13(19)10-18/h3,5,9,13H,2,4,6-8,10-11H2,1H3. The molecule has 0 radical (unpaired) electrons. The molecule has 21 heavy (non-hydrogen) atoms. The van der Waals surface area contributed by atoms with Gasteiger partial charge in [0, 0.05) is 32.2 Å². The zero-order chi connectivity index (χ0) is 14.2. The number of hydrogen-bond acceptors (Lipinski definition) is 5. The molecule has 2 aromatic heterocycles. The maximum absolute atomic E-state index is 5.85. The Bertz CT molecular complexity index is 607. The zero-order valence-electron chi connectivity index (χ0n) is 12.4. The molecule has 2 aliphatic rings. The Morgan fingerprint density at radius 2 is 2.33 bits per heavy atom. The third-order valence-corrected chi connectivity index (χ3v) is 5.53. The van der Waals surface area contributed by atoms with Gasteiger partial charge >= 0.3 is 0 Å². The number of aryl methyl sites for hydroxylation is 1. The van der Waals surface area contributed by atoms with Crippen molar-refractivity contribution >= 4 is 11.3 Å². The van der Waals surface area contributed by atoms with Crippen LogP contribution in [0.25, 0.3) is 10.8 Å². The number of piperazine rings is 1. The van der Waals surface area contributed by atoms with E-state index in [-0.39, 0.29) is 0 Å². The van der Waals surface area contributed by atoms with Gasteiger partial charge in [-0.25, -0.2) is 4.98 Å². The maximum Gasteiger partial charge on any atom is 0.236 e. The molecule has 0 bridgehead atoms. The van der Waals surface area contributed by atoms with E-state index >= 15 is 0 Å². The summed E-state index contributed by atoms with van der Waals surface area (Å²) in [6, 6.07) is 4.87. The Morgan fingerprint density at radius 1 is 1.38 bits per heavy atom. The summed E-state index contributed by atoms with van der Waals surface area (Å²) in [6.07, 6.45) is 2.72. The number of fused-ring (bicyclic) bond motifs is 1.